The lowest BCUT2D eigenvalue weighted by molar-refractivity contribution is -0.148. The number of methoxy groups -OCH3 is 1. The summed E-state index contributed by atoms with van der Waals surface area (Å²) in [5.41, 5.74) is 1.97. The molecule has 2 saturated heterocycles. The molecular formula is C39H41N3O6Si. The molecular weight excluding hydrogens is 635 g/mol. The highest BCUT2D eigenvalue weighted by Crippen LogP contribution is 2.59. The van der Waals surface area contributed by atoms with E-state index in [4.69, 9.17) is 9.47 Å². The van der Waals surface area contributed by atoms with Gasteiger partial charge in [-0.05, 0) is 66.2 Å². The number of anilines is 3. The standard InChI is InChI=1S/C39H41N3O6Si/c1-23-36(49(3,4)28-16-14-27(47-2)15-17-28)33(21-34(44)41-19-7-10-26(41)22-43)48-39(23)30-20-25(13-18-31(30)40-38(39)46)42-32-12-6-9-24-8-5-11-29(35(24)32)37(42)45/h5-6,8-9,11-18,20,23,26,33,36,43H,7,10,19,21-22H2,1-4H3,(H,40,46)/t23-,26+,33+,36-,39+/m1/s1. The number of carbonyl (C=O) groups is 3. The van der Waals surface area contributed by atoms with E-state index in [2.05, 4.69) is 37.5 Å². The topological polar surface area (TPSA) is 108 Å². The summed E-state index contributed by atoms with van der Waals surface area (Å²) in [6.07, 6.45) is 1.20. The minimum atomic E-state index is -2.45. The summed E-state index contributed by atoms with van der Waals surface area (Å²) in [7, 11) is -0.809. The number of aliphatic hydroxyl groups is 1. The summed E-state index contributed by atoms with van der Waals surface area (Å²) in [4.78, 5) is 45.7. The predicted molar refractivity (Wildman–Crippen MR) is 192 cm³/mol. The van der Waals surface area contributed by atoms with Gasteiger partial charge < -0.3 is 24.8 Å². The summed E-state index contributed by atoms with van der Waals surface area (Å²) in [6, 6.07) is 25.3. The first-order valence-corrected chi connectivity index (χ1v) is 20.2. The molecule has 0 saturated carbocycles. The molecule has 10 heteroatoms. The number of likely N-dealkylation sites (tertiary alicyclic amines) is 1. The van der Waals surface area contributed by atoms with Crippen LogP contribution in [-0.4, -0.2) is 68.2 Å². The number of aliphatic hydroxyl groups excluding tert-OH is 1. The van der Waals surface area contributed by atoms with Gasteiger partial charge in [-0.3, -0.25) is 19.3 Å². The second kappa shape index (κ2) is 11.5. The second-order valence-electron chi connectivity index (χ2n) is 14.4. The lowest BCUT2D eigenvalue weighted by atomic mass is 9.82. The average molecular weight is 676 g/mol. The number of benzene rings is 4. The van der Waals surface area contributed by atoms with E-state index >= 15 is 0 Å². The Morgan fingerprint density at radius 2 is 1.82 bits per heavy atom. The van der Waals surface area contributed by atoms with Crippen molar-refractivity contribution >= 4 is 58.8 Å². The van der Waals surface area contributed by atoms with Gasteiger partial charge in [0.05, 0.1) is 51.6 Å². The number of hydrogen-bond donors (Lipinski definition) is 2. The van der Waals surface area contributed by atoms with Gasteiger partial charge in [-0.15, -0.1) is 0 Å². The SMILES string of the molecule is COc1ccc([Si](C)(C)[C@H]2[C@H](CC(=O)N3CCC[C@H]3CO)O[C@@]3(C(=O)Nc4ccc(N5C(=O)c6cccc7cccc5c67)cc43)[C@@H]2C)cc1. The molecule has 0 bridgehead atoms. The Balaban J connectivity index is 1.22. The third kappa shape index (κ3) is 4.61. The van der Waals surface area contributed by atoms with Gasteiger partial charge in [-0.2, -0.15) is 0 Å². The smallest absolute Gasteiger partial charge is 0.263 e. The lowest BCUT2D eigenvalue weighted by Gasteiger charge is -2.37. The highest BCUT2D eigenvalue weighted by molar-refractivity contribution is 6.91. The molecule has 0 aromatic heterocycles. The number of amides is 3. The Bertz CT molecular complexity index is 2010. The fourth-order valence-corrected chi connectivity index (χ4v) is 13.3. The molecule has 4 heterocycles. The van der Waals surface area contributed by atoms with Crippen molar-refractivity contribution in [1.82, 2.24) is 4.90 Å². The Morgan fingerprint density at radius 1 is 1.06 bits per heavy atom. The van der Waals surface area contributed by atoms with E-state index in [0.717, 1.165) is 35.1 Å². The molecule has 0 unspecified atom stereocenters. The molecule has 5 atom stereocenters. The number of carbonyl (C=O) groups excluding carboxylic acids is 3. The van der Waals surface area contributed by atoms with E-state index in [1.165, 1.54) is 5.19 Å². The van der Waals surface area contributed by atoms with Crippen molar-refractivity contribution in [3.63, 3.8) is 0 Å². The maximum absolute atomic E-state index is 14.3. The van der Waals surface area contributed by atoms with Gasteiger partial charge in [0.15, 0.2) is 5.60 Å². The molecule has 2 fully saturated rings. The van der Waals surface area contributed by atoms with Gasteiger partial charge in [0, 0.05) is 34.8 Å². The minimum Gasteiger partial charge on any atom is -0.497 e. The third-order valence-electron chi connectivity index (χ3n) is 11.7. The first-order chi connectivity index (χ1) is 23.6. The van der Waals surface area contributed by atoms with Crippen molar-refractivity contribution in [2.24, 2.45) is 5.92 Å². The third-order valence-corrected chi connectivity index (χ3v) is 16.0. The average Bonchev–Trinajstić information content (AvgIpc) is 3.85. The summed E-state index contributed by atoms with van der Waals surface area (Å²) in [5, 5.41) is 16.2. The maximum Gasteiger partial charge on any atom is 0.263 e. The maximum atomic E-state index is 14.3. The molecule has 0 aliphatic carbocycles. The predicted octanol–water partition coefficient (Wildman–Crippen LogP) is 5.68. The number of hydrogen-bond acceptors (Lipinski definition) is 6. The van der Waals surface area contributed by atoms with Gasteiger partial charge in [-0.25, -0.2) is 0 Å². The molecule has 4 aromatic carbocycles. The number of nitrogens with zero attached hydrogens (tertiary/aromatic N) is 2. The number of nitrogens with one attached hydrogen (secondary N) is 1. The normalized spacial score (nSPS) is 25.8. The molecule has 3 amide bonds. The van der Waals surface area contributed by atoms with E-state index in [-0.39, 0.29) is 48.3 Å². The van der Waals surface area contributed by atoms with Crippen LogP contribution in [0.25, 0.3) is 10.8 Å². The zero-order valence-corrected chi connectivity index (χ0v) is 29.2. The van der Waals surface area contributed by atoms with Crippen LogP contribution in [-0.2, 0) is 19.9 Å². The van der Waals surface area contributed by atoms with Gasteiger partial charge >= 0.3 is 0 Å². The highest BCUT2D eigenvalue weighted by atomic mass is 28.3. The lowest BCUT2D eigenvalue weighted by Crippen LogP contribution is -2.52. The van der Waals surface area contributed by atoms with E-state index in [1.807, 2.05) is 66.7 Å². The molecule has 252 valence electrons. The zero-order valence-electron chi connectivity index (χ0n) is 28.2. The van der Waals surface area contributed by atoms with Crippen LogP contribution in [0.1, 0.15) is 42.1 Å². The molecule has 8 rings (SSSR count). The van der Waals surface area contributed by atoms with Gasteiger partial charge in [0.25, 0.3) is 11.8 Å². The molecule has 9 nitrogen and oxygen atoms in total. The number of fused-ring (bicyclic) bond motifs is 2. The van der Waals surface area contributed by atoms with Crippen LogP contribution in [0, 0.1) is 5.92 Å². The molecule has 4 aliphatic heterocycles. The van der Waals surface area contributed by atoms with Crippen LogP contribution in [0.3, 0.4) is 0 Å². The molecule has 2 N–H and O–H groups in total. The van der Waals surface area contributed by atoms with Crippen LogP contribution in [0.5, 0.6) is 5.75 Å². The summed E-state index contributed by atoms with van der Waals surface area (Å²) in [5.74, 6) is 0.0440. The van der Waals surface area contributed by atoms with Crippen molar-refractivity contribution in [2.75, 3.05) is 30.5 Å². The van der Waals surface area contributed by atoms with Gasteiger partial charge in [0.1, 0.15) is 5.75 Å². The van der Waals surface area contributed by atoms with Crippen molar-refractivity contribution < 1.29 is 29.0 Å². The van der Waals surface area contributed by atoms with Crippen LogP contribution >= 0.6 is 0 Å². The quantitative estimate of drug-likeness (QED) is 0.244. The van der Waals surface area contributed by atoms with Crippen LogP contribution in [0.2, 0.25) is 18.6 Å². The van der Waals surface area contributed by atoms with Crippen LogP contribution in [0.15, 0.2) is 78.9 Å². The monoisotopic (exact) mass is 675 g/mol. The van der Waals surface area contributed by atoms with Crippen molar-refractivity contribution in [1.29, 1.82) is 0 Å². The first-order valence-electron chi connectivity index (χ1n) is 17.1. The van der Waals surface area contributed by atoms with Gasteiger partial charge in [0.2, 0.25) is 5.91 Å². The fourth-order valence-electron chi connectivity index (χ4n) is 9.27. The Labute approximate surface area is 286 Å². The van der Waals surface area contributed by atoms with E-state index in [0.29, 0.717) is 29.0 Å². The van der Waals surface area contributed by atoms with E-state index in [9.17, 15) is 19.5 Å². The molecule has 4 aromatic rings. The molecule has 0 radical (unpaired) electrons. The Hall–Kier alpha value is -4.51. The first kappa shape index (κ1) is 31.7. The second-order valence-corrected chi connectivity index (χ2v) is 19.1. The summed E-state index contributed by atoms with van der Waals surface area (Å²) >= 11 is 0. The van der Waals surface area contributed by atoms with Crippen molar-refractivity contribution in [3.8, 4) is 5.75 Å². The summed E-state index contributed by atoms with van der Waals surface area (Å²) < 4.78 is 12.5. The zero-order chi connectivity index (χ0) is 34.2. The number of rotatable bonds is 7. The Morgan fingerprint density at radius 3 is 2.55 bits per heavy atom. The fraction of sp³-hybridized carbons (Fsp3) is 0.359. The molecule has 4 aliphatic rings. The molecule has 49 heavy (non-hydrogen) atoms. The number of ether oxygens (including phenoxy) is 2. The molecule has 1 spiro atoms. The van der Waals surface area contributed by atoms with Crippen LogP contribution in [0.4, 0.5) is 17.1 Å². The van der Waals surface area contributed by atoms with Gasteiger partial charge in [-0.1, -0.05) is 61.6 Å². The largest absolute Gasteiger partial charge is 0.497 e. The summed E-state index contributed by atoms with van der Waals surface area (Å²) in [6.45, 7) is 7.19. The van der Waals surface area contributed by atoms with E-state index in [1.54, 1.807) is 16.9 Å². The van der Waals surface area contributed by atoms with Crippen molar-refractivity contribution in [2.45, 2.75) is 62.6 Å². The van der Waals surface area contributed by atoms with Crippen LogP contribution < -0.4 is 20.1 Å². The highest BCUT2D eigenvalue weighted by Gasteiger charge is 2.65. The Kier molecular flexibility index (Phi) is 7.47. The van der Waals surface area contributed by atoms with Crippen molar-refractivity contribution in [3.05, 3.63) is 90.0 Å². The minimum absolute atomic E-state index is 0.0590. The van der Waals surface area contributed by atoms with E-state index < -0.39 is 19.8 Å².